The summed E-state index contributed by atoms with van der Waals surface area (Å²) >= 11 is 0. The Kier molecular flexibility index (Phi) is 9.06. The predicted molar refractivity (Wildman–Crippen MR) is 132 cm³/mol. The van der Waals surface area contributed by atoms with Gasteiger partial charge in [-0.3, -0.25) is 9.89 Å². The maximum atomic E-state index is 4.40. The lowest BCUT2D eigenvalue weighted by atomic mass is 10.1. The molecule has 1 unspecified atom stereocenters. The molecule has 1 saturated carbocycles. The van der Waals surface area contributed by atoms with E-state index in [9.17, 15) is 0 Å². The number of hydrogen-bond acceptors (Lipinski definition) is 3. The van der Waals surface area contributed by atoms with Crippen molar-refractivity contribution in [2.45, 2.75) is 57.7 Å². The summed E-state index contributed by atoms with van der Waals surface area (Å²) in [5.74, 6) is 1.68. The molecule has 0 amide bonds. The summed E-state index contributed by atoms with van der Waals surface area (Å²) in [5, 5.41) is 7.00. The monoisotopic (exact) mass is 511 g/mol. The van der Waals surface area contributed by atoms with Crippen molar-refractivity contribution >= 4 is 29.9 Å². The highest BCUT2D eigenvalue weighted by atomic mass is 127. The van der Waals surface area contributed by atoms with Crippen LogP contribution in [0.1, 0.15) is 49.7 Å². The molecule has 162 valence electrons. The summed E-state index contributed by atoms with van der Waals surface area (Å²) in [4.78, 5) is 9.65. The zero-order chi connectivity index (χ0) is 19.2. The molecule has 0 spiro atoms. The average molecular weight is 511 g/mol. The molecule has 1 aromatic carbocycles. The van der Waals surface area contributed by atoms with Crippen molar-refractivity contribution in [2.24, 2.45) is 10.9 Å². The quantitative estimate of drug-likeness (QED) is 0.335. The molecule has 2 aliphatic heterocycles. The fraction of sp³-hybridized carbons (Fsp3) is 0.696. The molecule has 1 aromatic rings. The molecule has 29 heavy (non-hydrogen) atoms. The lowest BCUT2D eigenvalue weighted by Crippen LogP contribution is -2.40. The fourth-order valence-corrected chi connectivity index (χ4v) is 4.59. The van der Waals surface area contributed by atoms with Crippen molar-refractivity contribution in [1.82, 2.24) is 20.4 Å². The van der Waals surface area contributed by atoms with Gasteiger partial charge in [0.25, 0.3) is 0 Å². The molecule has 5 nitrogen and oxygen atoms in total. The number of halogens is 1. The Bertz CT molecular complexity index is 637. The van der Waals surface area contributed by atoms with Crippen molar-refractivity contribution in [1.29, 1.82) is 0 Å². The number of nitrogens with zero attached hydrogens (tertiary/aromatic N) is 3. The smallest absolute Gasteiger partial charge is 0.191 e. The zero-order valence-corrected chi connectivity index (χ0v) is 20.2. The van der Waals surface area contributed by atoms with E-state index in [0.717, 1.165) is 37.6 Å². The van der Waals surface area contributed by atoms with Gasteiger partial charge in [0.1, 0.15) is 0 Å². The largest absolute Gasteiger partial charge is 0.356 e. The number of benzene rings is 1. The first-order valence-corrected chi connectivity index (χ1v) is 11.3. The Balaban J connectivity index is 0.00000240. The van der Waals surface area contributed by atoms with E-state index in [-0.39, 0.29) is 24.0 Å². The Morgan fingerprint density at radius 1 is 0.966 bits per heavy atom. The summed E-state index contributed by atoms with van der Waals surface area (Å²) in [5.41, 5.74) is 2.74. The highest BCUT2D eigenvalue weighted by Gasteiger charge is 2.34. The van der Waals surface area contributed by atoms with Crippen LogP contribution in [-0.2, 0) is 13.1 Å². The average Bonchev–Trinajstić information content (AvgIpc) is 3.48. The van der Waals surface area contributed by atoms with Crippen LogP contribution in [0.4, 0.5) is 0 Å². The van der Waals surface area contributed by atoms with Crippen LogP contribution in [0.2, 0.25) is 0 Å². The van der Waals surface area contributed by atoms with Crippen molar-refractivity contribution in [2.75, 3.05) is 39.8 Å². The van der Waals surface area contributed by atoms with Crippen LogP contribution in [0.15, 0.2) is 29.3 Å². The highest BCUT2D eigenvalue weighted by molar-refractivity contribution is 14.0. The fourth-order valence-electron chi connectivity index (χ4n) is 4.59. The molecular formula is C23H38IN5. The SMILES string of the molecule is CN=C(NCc1ccc(CN2CCCCC2)cc1)NCC1CCN(C2CC2)C1.I. The van der Waals surface area contributed by atoms with E-state index in [1.54, 1.807) is 0 Å². The van der Waals surface area contributed by atoms with Gasteiger partial charge in [0.05, 0.1) is 0 Å². The van der Waals surface area contributed by atoms with Gasteiger partial charge >= 0.3 is 0 Å². The van der Waals surface area contributed by atoms with E-state index >= 15 is 0 Å². The summed E-state index contributed by atoms with van der Waals surface area (Å²) in [6, 6.07) is 9.98. The molecule has 0 radical (unpaired) electrons. The lowest BCUT2D eigenvalue weighted by molar-refractivity contribution is 0.221. The first-order chi connectivity index (χ1) is 13.8. The van der Waals surface area contributed by atoms with Crippen LogP contribution in [0.3, 0.4) is 0 Å². The van der Waals surface area contributed by atoms with Gasteiger partial charge in [0.15, 0.2) is 5.96 Å². The zero-order valence-electron chi connectivity index (χ0n) is 17.9. The Morgan fingerprint density at radius 3 is 2.38 bits per heavy atom. The first-order valence-electron chi connectivity index (χ1n) is 11.3. The van der Waals surface area contributed by atoms with Gasteiger partial charge in [0, 0.05) is 39.3 Å². The van der Waals surface area contributed by atoms with Gasteiger partial charge in [-0.05, 0) is 68.8 Å². The van der Waals surface area contributed by atoms with Crippen molar-refractivity contribution in [3.8, 4) is 0 Å². The van der Waals surface area contributed by atoms with Crippen molar-refractivity contribution < 1.29 is 0 Å². The van der Waals surface area contributed by atoms with E-state index in [0.29, 0.717) is 0 Å². The minimum atomic E-state index is 0. The highest BCUT2D eigenvalue weighted by Crippen LogP contribution is 2.31. The predicted octanol–water partition coefficient (Wildman–Crippen LogP) is 3.44. The molecule has 2 N–H and O–H groups in total. The third-order valence-corrected chi connectivity index (χ3v) is 6.50. The number of guanidine groups is 1. The second-order valence-corrected chi connectivity index (χ2v) is 8.84. The van der Waals surface area contributed by atoms with Crippen LogP contribution in [0, 0.1) is 5.92 Å². The number of likely N-dealkylation sites (tertiary alicyclic amines) is 2. The van der Waals surface area contributed by atoms with Gasteiger partial charge in [-0.1, -0.05) is 30.7 Å². The van der Waals surface area contributed by atoms with Gasteiger partial charge < -0.3 is 15.5 Å². The molecule has 1 aliphatic carbocycles. The van der Waals surface area contributed by atoms with Gasteiger partial charge in [0.2, 0.25) is 0 Å². The Morgan fingerprint density at radius 2 is 1.69 bits per heavy atom. The minimum Gasteiger partial charge on any atom is -0.356 e. The second-order valence-electron chi connectivity index (χ2n) is 8.84. The second kappa shape index (κ2) is 11.5. The first kappa shape index (κ1) is 22.8. The number of rotatable bonds is 7. The van der Waals surface area contributed by atoms with E-state index in [4.69, 9.17) is 0 Å². The summed E-state index contributed by atoms with van der Waals surface area (Å²) in [6.07, 6.45) is 8.26. The third-order valence-electron chi connectivity index (χ3n) is 6.50. The molecule has 1 atom stereocenters. The van der Waals surface area contributed by atoms with Gasteiger partial charge in [-0.15, -0.1) is 24.0 Å². The number of piperidine rings is 1. The number of hydrogen-bond donors (Lipinski definition) is 2. The molecule has 2 saturated heterocycles. The van der Waals surface area contributed by atoms with Gasteiger partial charge in [-0.25, -0.2) is 0 Å². The van der Waals surface area contributed by atoms with Crippen LogP contribution >= 0.6 is 24.0 Å². The number of aliphatic imine (C=N–C) groups is 1. The summed E-state index contributed by atoms with van der Waals surface area (Å²) in [6.45, 7) is 7.99. The molecular weight excluding hydrogens is 473 g/mol. The Hall–Kier alpha value is -0.860. The minimum absolute atomic E-state index is 0. The topological polar surface area (TPSA) is 42.9 Å². The van der Waals surface area contributed by atoms with Crippen LogP contribution < -0.4 is 10.6 Å². The maximum Gasteiger partial charge on any atom is 0.191 e. The van der Waals surface area contributed by atoms with E-state index in [1.165, 1.54) is 75.8 Å². The molecule has 4 rings (SSSR count). The third kappa shape index (κ3) is 7.10. The van der Waals surface area contributed by atoms with Crippen molar-refractivity contribution in [3.05, 3.63) is 35.4 Å². The maximum absolute atomic E-state index is 4.40. The molecule has 6 heteroatoms. The summed E-state index contributed by atoms with van der Waals surface area (Å²) < 4.78 is 0. The lowest BCUT2D eigenvalue weighted by Gasteiger charge is -2.26. The molecule has 0 bridgehead atoms. The molecule has 3 fully saturated rings. The summed E-state index contributed by atoms with van der Waals surface area (Å²) in [7, 11) is 1.86. The van der Waals surface area contributed by atoms with Crippen LogP contribution in [0.5, 0.6) is 0 Å². The molecule has 0 aromatic heterocycles. The van der Waals surface area contributed by atoms with E-state index in [1.807, 2.05) is 7.05 Å². The van der Waals surface area contributed by atoms with Crippen LogP contribution in [0.25, 0.3) is 0 Å². The van der Waals surface area contributed by atoms with E-state index in [2.05, 4.69) is 49.7 Å². The molecule has 2 heterocycles. The standard InChI is InChI=1S/C23H37N5.HI/c1-24-23(26-16-21-11-14-28(18-21)22-9-10-22)25-15-19-5-7-20(8-6-19)17-27-12-3-2-4-13-27;/h5-8,21-22H,2-4,9-18H2,1H3,(H2,24,25,26);1H. The molecule has 3 aliphatic rings. The van der Waals surface area contributed by atoms with E-state index < -0.39 is 0 Å². The Labute approximate surface area is 193 Å². The number of nitrogens with one attached hydrogen (secondary N) is 2. The van der Waals surface area contributed by atoms with Crippen molar-refractivity contribution in [3.63, 3.8) is 0 Å². The van der Waals surface area contributed by atoms with Crippen LogP contribution in [-0.4, -0.2) is 61.6 Å². The normalized spacial score (nSPS) is 23.6. The van der Waals surface area contributed by atoms with Gasteiger partial charge in [-0.2, -0.15) is 0 Å².